The maximum atomic E-state index is 12.3. The molecule has 0 atom stereocenters. The fraction of sp³-hybridized carbons (Fsp3) is 0.455. The minimum atomic E-state index is -2.69. The molecule has 5 nitrogen and oxygen atoms in total. The van der Waals surface area contributed by atoms with Crippen molar-refractivity contribution in [3.05, 3.63) is 29.7 Å². The Balaban J connectivity index is 1.98. The van der Waals surface area contributed by atoms with Gasteiger partial charge in [-0.25, -0.2) is 13.5 Å². The van der Waals surface area contributed by atoms with Crippen molar-refractivity contribution >= 4 is 5.82 Å². The first-order valence-electron chi connectivity index (χ1n) is 5.84. The lowest BCUT2D eigenvalue weighted by atomic mass is 10.2. The predicted molar refractivity (Wildman–Crippen MR) is 63.8 cm³/mol. The molecule has 9 heteroatoms. The van der Waals surface area contributed by atoms with Crippen LogP contribution in [-0.4, -0.2) is 26.0 Å². The second kappa shape index (κ2) is 5.93. The summed E-state index contributed by atoms with van der Waals surface area (Å²) in [4.78, 5) is 0. The van der Waals surface area contributed by atoms with Crippen molar-refractivity contribution in [1.82, 2.24) is 19.6 Å². The fourth-order valence-electron chi connectivity index (χ4n) is 1.70. The number of alkyl halides is 4. The van der Waals surface area contributed by atoms with Crippen molar-refractivity contribution in [2.24, 2.45) is 0 Å². The summed E-state index contributed by atoms with van der Waals surface area (Å²) < 4.78 is 50.9. The van der Waals surface area contributed by atoms with E-state index in [9.17, 15) is 17.6 Å². The summed E-state index contributed by atoms with van der Waals surface area (Å²) in [6.45, 7) is -1.22. The van der Waals surface area contributed by atoms with Crippen LogP contribution in [-0.2, 0) is 13.1 Å². The molecule has 0 aliphatic heterocycles. The number of nitrogens with one attached hydrogen (secondary N) is 1. The molecule has 0 saturated heterocycles. The number of aromatic nitrogens is 4. The molecule has 0 spiro atoms. The fourth-order valence-corrected chi connectivity index (χ4v) is 1.70. The van der Waals surface area contributed by atoms with Gasteiger partial charge in [0.2, 0.25) is 0 Å². The summed E-state index contributed by atoms with van der Waals surface area (Å²) in [7, 11) is 0. The third kappa shape index (κ3) is 3.28. The molecule has 0 aromatic carbocycles. The van der Waals surface area contributed by atoms with E-state index in [0.717, 1.165) is 6.20 Å². The van der Waals surface area contributed by atoms with Gasteiger partial charge in [-0.2, -0.15) is 19.0 Å². The maximum Gasteiger partial charge on any atom is 0.333 e. The summed E-state index contributed by atoms with van der Waals surface area (Å²) >= 11 is 0. The molecule has 20 heavy (non-hydrogen) atoms. The van der Waals surface area contributed by atoms with E-state index in [1.807, 2.05) is 0 Å². The Morgan fingerprint density at radius 1 is 1.30 bits per heavy atom. The van der Waals surface area contributed by atoms with Gasteiger partial charge in [0, 0.05) is 30.1 Å². The van der Waals surface area contributed by atoms with E-state index >= 15 is 0 Å². The van der Waals surface area contributed by atoms with Gasteiger partial charge in [-0.05, 0) is 6.92 Å². The number of hydrogen-bond donors (Lipinski definition) is 1. The Morgan fingerprint density at radius 2 is 2.05 bits per heavy atom. The Labute approximate surface area is 112 Å². The van der Waals surface area contributed by atoms with Gasteiger partial charge < -0.3 is 5.32 Å². The van der Waals surface area contributed by atoms with Crippen LogP contribution in [0.2, 0.25) is 0 Å². The lowest BCUT2D eigenvalue weighted by molar-refractivity contribution is 0.0569. The molecule has 2 aromatic rings. The molecule has 1 N–H and O–H groups in total. The Hall–Kier alpha value is -2.06. The van der Waals surface area contributed by atoms with E-state index in [4.69, 9.17) is 0 Å². The van der Waals surface area contributed by atoms with Gasteiger partial charge in [-0.15, -0.1) is 0 Å². The van der Waals surface area contributed by atoms with Crippen LogP contribution in [0.3, 0.4) is 0 Å². The van der Waals surface area contributed by atoms with Crippen molar-refractivity contribution in [2.45, 2.75) is 33.0 Å². The van der Waals surface area contributed by atoms with Crippen LogP contribution in [0.15, 0.2) is 18.5 Å². The van der Waals surface area contributed by atoms with Crippen molar-refractivity contribution < 1.29 is 17.6 Å². The second-order valence-electron chi connectivity index (χ2n) is 4.14. The molecule has 0 saturated carbocycles. The van der Waals surface area contributed by atoms with Crippen molar-refractivity contribution in [1.29, 1.82) is 0 Å². The van der Waals surface area contributed by atoms with Crippen LogP contribution >= 0.6 is 0 Å². The number of nitrogens with zero attached hydrogens (tertiary/aromatic N) is 4. The molecule has 0 unspecified atom stereocenters. The summed E-state index contributed by atoms with van der Waals surface area (Å²) in [5.74, 6) is 0.284. The standard InChI is InChI=1S/C11H13F4N5/c1-7-8(5-17-20(7)6-9(12)13)4-16-10-2-3-19(18-10)11(14)15/h2-3,5,9,11H,4,6H2,1H3,(H,16,18). The number of rotatable bonds is 6. The van der Waals surface area contributed by atoms with Crippen LogP contribution in [0.1, 0.15) is 17.8 Å². The molecular formula is C11H13F4N5. The lowest BCUT2D eigenvalue weighted by Crippen LogP contribution is -2.10. The SMILES string of the molecule is Cc1c(CNc2ccn(C(F)F)n2)cnn1CC(F)F. The van der Waals surface area contributed by atoms with E-state index in [2.05, 4.69) is 15.5 Å². The molecule has 0 aliphatic carbocycles. The van der Waals surface area contributed by atoms with Gasteiger partial charge in [0.1, 0.15) is 12.4 Å². The smallest absolute Gasteiger partial charge is 0.333 e. The molecule has 2 heterocycles. The Kier molecular flexibility index (Phi) is 4.26. The summed E-state index contributed by atoms with van der Waals surface area (Å²) in [5, 5.41) is 10.3. The number of anilines is 1. The maximum absolute atomic E-state index is 12.3. The normalized spacial score (nSPS) is 11.6. The number of hydrogen-bond acceptors (Lipinski definition) is 3. The molecule has 0 amide bonds. The van der Waals surface area contributed by atoms with Crippen LogP contribution in [0.25, 0.3) is 0 Å². The van der Waals surface area contributed by atoms with Gasteiger partial charge >= 0.3 is 6.55 Å². The van der Waals surface area contributed by atoms with Crippen LogP contribution in [0, 0.1) is 6.92 Å². The summed E-state index contributed by atoms with van der Waals surface area (Å²) in [6, 6.07) is 1.41. The molecule has 0 bridgehead atoms. The van der Waals surface area contributed by atoms with E-state index < -0.39 is 19.5 Å². The number of halogens is 4. The zero-order chi connectivity index (χ0) is 14.7. The summed E-state index contributed by atoms with van der Waals surface area (Å²) in [6.07, 6.45) is 0.144. The molecule has 0 radical (unpaired) electrons. The first-order valence-corrected chi connectivity index (χ1v) is 5.84. The molecule has 110 valence electrons. The highest BCUT2D eigenvalue weighted by Gasteiger charge is 2.12. The van der Waals surface area contributed by atoms with Crippen LogP contribution in [0.4, 0.5) is 23.4 Å². The van der Waals surface area contributed by atoms with Crippen LogP contribution < -0.4 is 5.32 Å². The average molecular weight is 291 g/mol. The second-order valence-corrected chi connectivity index (χ2v) is 4.14. The Bertz CT molecular complexity index is 563. The molecular weight excluding hydrogens is 278 g/mol. The highest BCUT2D eigenvalue weighted by molar-refractivity contribution is 5.34. The minimum Gasteiger partial charge on any atom is -0.364 e. The third-order valence-corrected chi connectivity index (χ3v) is 2.78. The van der Waals surface area contributed by atoms with Gasteiger partial charge in [0.25, 0.3) is 6.43 Å². The average Bonchev–Trinajstić information content (AvgIpc) is 2.96. The highest BCUT2D eigenvalue weighted by atomic mass is 19.3. The van der Waals surface area contributed by atoms with E-state index in [1.54, 1.807) is 6.92 Å². The zero-order valence-corrected chi connectivity index (χ0v) is 10.6. The van der Waals surface area contributed by atoms with Gasteiger partial charge in [-0.1, -0.05) is 0 Å². The van der Waals surface area contributed by atoms with E-state index in [1.165, 1.54) is 16.9 Å². The Morgan fingerprint density at radius 3 is 2.65 bits per heavy atom. The zero-order valence-electron chi connectivity index (χ0n) is 10.6. The summed E-state index contributed by atoms with van der Waals surface area (Å²) in [5.41, 5.74) is 1.31. The monoisotopic (exact) mass is 291 g/mol. The lowest BCUT2D eigenvalue weighted by Gasteiger charge is -2.05. The van der Waals surface area contributed by atoms with Gasteiger partial charge in [0.15, 0.2) is 0 Å². The first-order chi connectivity index (χ1) is 9.47. The quantitative estimate of drug-likeness (QED) is 0.832. The molecule has 2 aromatic heterocycles. The van der Waals surface area contributed by atoms with Gasteiger partial charge in [-0.3, -0.25) is 4.68 Å². The van der Waals surface area contributed by atoms with Crippen LogP contribution in [0.5, 0.6) is 0 Å². The molecule has 2 rings (SSSR count). The molecule has 0 aliphatic rings. The van der Waals surface area contributed by atoms with E-state index in [0.29, 0.717) is 15.9 Å². The minimum absolute atomic E-state index is 0.273. The van der Waals surface area contributed by atoms with Gasteiger partial charge in [0.05, 0.1) is 6.20 Å². The van der Waals surface area contributed by atoms with Crippen molar-refractivity contribution in [3.8, 4) is 0 Å². The van der Waals surface area contributed by atoms with Crippen molar-refractivity contribution in [2.75, 3.05) is 5.32 Å². The molecule has 0 fully saturated rings. The topological polar surface area (TPSA) is 47.7 Å². The highest BCUT2D eigenvalue weighted by Crippen LogP contribution is 2.14. The largest absolute Gasteiger partial charge is 0.364 e. The first kappa shape index (κ1) is 14.4. The van der Waals surface area contributed by atoms with E-state index in [-0.39, 0.29) is 12.4 Å². The van der Waals surface area contributed by atoms with Crippen molar-refractivity contribution in [3.63, 3.8) is 0 Å². The third-order valence-electron chi connectivity index (χ3n) is 2.78. The predicted octanol–water partition coefficient (Wildman–Crippen LogP) is 2.66.